The third kappa shape index (κ3) is 3.66. The number of thioether (sulfide) groups is 1. The van der Waals surface area contributed by atoms with Crippen molar-refractivity contribution in [2.45, 2.75) is 18.6 Å². The number of nitrogens with one attached hydrogen (secondary N) is 1. The predicted molar refractivity (Wildman–Crippen MR) is 127 cm³/mol. The Balaban J connectivity index is 1.43. The number of anilines is 1. The molecule has 0 spiro atoms. The van der Waals surface area contributed by atoms with E-state index in [0.29, 0.717) is 34.0 Å². The molecule has 154 valence electrons. The average Bonchev–Trinajstić information content (AvgIpc) is 3.27. The van der Waals surface area contributed by atoms with E-state index in [4.69, 9.17) is 4.98 Å². The highest BCUT2D eigenvalue weighted by molar-refractivity contribution is 7.99. The molecule has 9 heteroatoms. The molecule has 3 aromatic carbocycles. The van der Waals surface area contributed by atoms with Gasteiger partial charge in [-0.15, -0.1) is 0 Å². The van der Waals surface area contributed by atoms with Crippen LogP contribution in [0.5, 0.6) is 0 Å². The number of aromatic nitrogens is 2. The average molecular weight is 448 g/mol. The Labute approximate surface area is 185 Å². The van der Waals surface area contributed by atoms with Gasteiger partial charge in [-0.3, -0.25) is 14.2 Å². The van der Waals surface area contributed by atoms with E-state index in [1.54, 1.807) is 10.6 Å². The van der Waals surface area contributed by atoms with Gasteiger partial charge in [0, 0.05) is 6.54 Å². The molecule has 0 atom stereocenters. The van der Waals surface area contributed by atoms with Gasteiger partial charge >= 0.3 is 0 Å². The van der Waals surface area contributed by atoms with Crippen molar-refractivity contribution in [1.82, 2.24) is 9.55 Å². The van der Waals surface area contributed by atoms with Crippen molar-refractivity contribution >= 4 is 67.8 Å². The second-order valence-corrected chi connectivity index (χ2v) is 8.41. The molecular formula is C22H17N5O2S2. The van der Waals surface area contributed by atoms with Crippen molar-refractivity contribution in [2.24, 2.45) is 8.73 Å². The van der Waals surface area contributed by atoms with Crippen LogP contribution in [0.3, 0.4) is 0 Å². The van der Waals surface area contributed by atoms with Crippen molar-refractivity contribution in [1.29, 1.82) is 0 Å². The van der Waals surface area contributed by atoms with Gasteiger partial charge in [0.05, 0.1) is 33.7 Å². The number of carbonyl (C=O) groups is 1. The van der Waals surface area contributed by atoms with Crippen LogP contribution in [0, 0.1) is 0 Å². The lowest BCUT2D eigenvalue weighted by Gasteiger charge is -2.12. The number of benzene rings is 3. The Morgan fingerprint density at radius 1 is 1.10 bits per heavy atom. The van der Waals surface area contributed by atoms with Gasteiger partial charge in [-0.2, -0.15) is 8.73 Å². The monoisotopic (exact) mass is 447 g/mol. The fourth-order valence-corrected chi connectivity index (χ4v) is 4.91. The lowest BCUT2D eigenvalue weighted by molar-refractivity contribution is -0.113. The molecule has 0 aliphatic carbocycles. The van der Waals surface area contributed by atoms with Crippen LogP contribution in [0.2, 0.25) is 0 Å². The van der Waals surface area contributed by atoms with E-state index in [9.17, 15) is 9.59 Å². The summed E-state index contributed by atoms with van der Waals surface area (Å²) in [4.78, 5) is 30.4. The third-order valence-corrected chi connectivity index (χ3v) is 6.51. The maximum atomic E-state index is 13.1. The van der Waals surface area contributed by atoms with E-state index in [-0.39, 0.29) is 17.2 Å². The van der Waals surface area contributed by atoms with Gasteiger partial charge < -0.3 is 5.32 Å². The zero-order valence-electron chi connectivity index (χ0n) is 16.5. The molecule has 1 aliphatic heterocycles. The summed E-state index contributed by atoms with van der Waals surface area (Å²) in [7, 11) is 0. The van der Waals surface area contributed by atoms with E-state index in [1.165, 1.54) is 11.8 Å². The van der Waals surface area contributed by atoms with Crippen LogP contribution in [-0.4, -0.2) is 21.2 Å². The van der Waals surface area contributed by atoms with Gasteiger partial charge in [0.15, 0.2) is 5.16 Å². The molecule has 1 amide bonds. The topological polar surface area (TPSA) is 88.7 Å². The minimum atomic E-state index is -0.194. The van der Waals surface area contributed by atoms with E-state index < -0.39 is 0 Å². The molecule has 4 aromatic rings. The Bertz CT molecular complexity index is 1490. The Hall–Kier alpha value is -3.30. The summed E-state index contributed by atoms with van der Waals surface area (Å²) in [5.41, 5.74) is 2.59. The third-order valence-electron chi connectivity index (χ3n) is 5.00. The molecule has 5 rings (SSSR count). The molecule has 1 aliphatic rings. The van der Waals surface area contributed by atoms with Gasteiger partial charge in [-0.1, -0.05) is 42.1 Å². The largest absolute Gasteiger partial charge is 0.323 e. The number of hydrogen-bond donors (Lipinski definition) is 1. The number of carbonyl (C=O) groups excluding carboxylic acids is 1. The highest BCUT2D eigenvalue weighted by Gasteiger charge is 2.16. The van der Waals surface area contributed by atoms with E-state index in [1.807, 2.05) is 55.5 Å². The Morgan fingerprint density at radius 3 is 2.71 bits per heavy atom. The zero-order valence-corrected chi connectivity index (χ0v) is 18.2. The Morgan fingerprint density at radius 2 is 1.90 bits per heavy atom. The van der Waals surface area contributed by atoms with Crippen molar-refractivity contribution in [2.75, 3.05) is 11.1 Å². The predicted octanol–water partition coefficient (Wildman–Crippen LogP) is 5.03. The smallest absolute Gasteiger partial charge is 0.262 e. The van der Waals surface area contributed by atoms with E-state index >= 15 is 0 Å². The van der Waals surface area contributed by atoms with E-state index in [2.05, 4.69) is 14.0 Å². The quantitative estimate of drug-likeness (QED) is 0.233. The maximum absolute atomic E-state index is 13.1. The second kappa shape index (κ2) is 8.09. The molecule has 0 radical (unpaired) electrons. The van der Waals surface area contributed by atoms with Crippen LogP contribution in [0.15, 0.2) is 73.3 Å². The van der Waals surface area contributed by atoms with Gasteiger partial charge in [-0.25, -0.2) is 4.98 Å². The van der Waals surface area contributed by atoms with Crippen molar-refractivity contribution in [3.8, 4) is 0 Å². The van der Waals surface area contributed by atoms with Gasteiger partial charge in [0.2, 0.25) is 5.91 Å². The first kappa shape index (κ1) is 19.7. The molecule has 1 N–H and O–H groups in total. The summed E-state index contributed by atoms with van der Waals surface area (Å²) in [5.74, 6) is -0.0690. The molecule has 0 bridgehead atoms. The molecular weight excluding hydrogens is 430 g/mol. The number of hydrogen-bond acceptors (Lipinski definition) is 6. The van der Waals surface area contributed by atoms with Gasteiger partial charge in [0.1, 0.15) is 11.4 Å². The standard InChI is InChI=1S/C22H17N5O2S2/c1-2-27-21(29)15-10-13-6-3-4-7-14(13)11-18(15)24-22(27)30-12-19(28)23-16-8-5-9-17-20(16)26-31-25-17/h3-11H,2,12H2,1H3,(H,23,28). The van der Waals surface area contributed by atoms with Crippen LogP contribution in [0.25, 0.3) is 21.7 Å². The summed E-state index contributed by atoms with van der Waals surface area (Å²) in [5, 5.41) is 6.02. The summed E-state index contributed by atoms with van der Waals surface area (Å²) >= 11 is 2.36. The first-order valence-electron chi connectivity index (χ1n) is 9.71. The molecule has 31 heavy (non-hydrogen) atoms. The molecule has 0 unspecified atom stereocenters. The highest BCUT2D eigenvalue weighted by Crippen LogP contribution is 2.38. The fourth-order valence-electron chi connectivity index (χ4n) is 3.50. The summed E-state index contributed by atoms with van der Waals surface area (Å²) in [6.45, 7) is 2.37. The second-order valence-electron chi connectivity index (χ2n) is 6.93. The number of rotatable bonds is 5. The minimum Gasteiger partial charge on any atom is -0.323 e. The lowest BCUT2D eigenvalue weighted by atomic mass is 10.1. The molecule has 7 nitrogen and oxygen atoms in total. The normalized spacial score (nSPS) is 12.2. The number of amides is 1. The Kier molecular flexibility index (Phi) is 5.13. The SMILES string of the molecule is CCn1c(SCC(=O)Nc2cccc3c2N=S=N3)nc2cc3ccccc3cc2c1=O. The molecule has 1 aromatic heterocycles. The van der Waals surface area contributed by atoms with Crippen molar-refractivity contribution in [3.05, 3.63) is 65.0 Å². The van der Waals surface area contributed by atoms with Crippen LogP contribution in [0.1, 0.15) is 6.92 Å². The van der Waals surface area contributed by atoms with E-state index in [0.717, 1.165) is 27.8 Å². The van der Waals surface area contributed by atoms with Gasteiger partial charge in [0.25, 0.3) is 5.56 Å². The van der Waals surface area contributed by atoms with Crippen LogP contribution in [0.4, 0.5) is 17.1 Å². The van der Waals surface area contributed by atoms with Crippen LogP contribution >= 0.6 is 11.8 Å². The molecule has 0 saturated heterocycles. The summed E-state index contributed by atoms with van der Waals surface area (Å²) in [6, 6.07) is 17.2. The minimum absolute atomic E-state index is 0.0977. The van der Waals surface area contributed by atoms with Crippen LogP contribution in [-0.2, 0) is 22.7 Å². The fraction of sp³-hybridized carbons (Fsp3) is 0.136. The highest BCUT2D eigenvalue weighted by atomic mass is 32.2. The summed E-state index contributed by atoms with van der Waals surface area (Å²) in [6.07, 6.45) is 0. The van der Waals surface area contributed by atoms with Crippen molar-refractivity contribution < 1.29 is 4.79 Å². The maximum Gasteiger partial charge on any atom is 0.262 e. The zero-order chi connectivity index (χ0) is 21.4. The van der Waals surface area contributed by atoms with Gasteiger partial charge in [-0.05, 0) is 42.0 Å². The number of nitrogens with zero attached hydrogens (tertiary/aromatic N) is 4. The summed E-state index contributed by atoms with van der Waals surface area (Å²) < 4.78 is 10.0. The molecule has 0 fully saturated rings. The molecule has 0 saturated carbocycles. The molecule has 2 heterocycles. The number of fused-ring (bicyclic) bond motifs is 3. The first-order valence-corrected chi connectivity index (χ1v) is 11.4. The lowest BCUT2D eigenvalue weighted by Crippen LogP contribution is -2.23. The first-order chi connectivity index (χ1) is 15.1. The van der Waals surface area contributed by atoms with Crippen LogP contribution < -0.4 is 10.9 Å². The van der Waals surface area contributed by atoms with Crippen molar-refractivity contribution in [3.63, 3.8) is 0 Å².